The number of hydrogen-bond acceptors (Lipinski definition) is 2. The van der Waals surface area contributed by atoms with Crippen LogP contribution in [0, 0.1) is 17.7 Å². The third-order valence-corrected chi connectivity index (χ3v) is 0.870. The molecule has 0 saturated carbocycles. The molecule has 2 radical (unpaired) electrons. The van der Waals surface area contributed by atoms with Crippen LogP contribution in [0.3, 0.4) is 0 Å². The highest BCUT2D eigenvalue weighted by Gasteiger charge is 1.90. The van der Waals surface area contributed by atoms with Crippen LogP contribution in [0.2, 0.25) is 0 Å². The third kappa shape index (κ3) is 4.96. The maximum absolute atomic E-state index is 7.97. The minimum atomic E-state index is 0.172. The molecule has 0 aliphatic carbocycles. The Balaban J connectivity index is 3.46. The minimum Gasteiger partial charge on any atom is -0.411 e. The Hall–Kier alpha value is -0.905. The van der Waals surface area contributed by atoms with Gasteiger partial charge in [-0.25, -0.2) is 0 Å². The minimum absolute atomic E-state index is 0.172. The Bertz CT molecular complexity index is 145. The van der Waals surface area contributed by atoms with Gasteiger partial charge < -0.3 is 5.21 Å². The summed E-state index contributed by atoms with van der Waals surface area (Å²) in [5, 5.41) is 10.8. The highest BCUT2D eigenvalue weighted by molar-refractivity contribution is 6.22. The maximum atomic E-state index is 7.97. The summed E-state index contributed by atoms with van der Waals surface area (Å²) in [7, 11) is 4.93. The van der Waals surface area contributed by atoms with Crippen LogP contribution in [0.1, 0.15) is 13.3 Å². The van der Waals surface area contributed by atoms with Crippen LogP contribution in [0.15, 0.2) is 5.16 Å². The lowest BCUT2D eigenvalue weighted by molar-refractivity contribution is 0.320. The van der Waals surface area contributed by atoms with Crippen molar-refractivity contribution in [2.75, 3.05) is 0 Å². The number of hydrogen-bond donors (Lipinski definition) is 1. The van der Waals surface area contributed by atoms with Crippen LogP contribution in [0.4, 0.5) is 0 Å². The van der Waals surface area contributed by atoms with E-state index in [4.69, 9.17) is 13.1 Å². The van der Waals surface area contributed by atoms with Gasteiger partial charge in [-0.15, -0.1) is 11.1 Å². The summed E-state index contributed by atoms with van der Waals surface area (Å²) in [5.74, 6) is 5.16. The first-order chi connectivity index (χ1) is 4.31. The van der Waals surface area contributed by atoms with Crippen LogP contribution < -0.4 is 0 Å². The van der Waals surface area contributed by atoms with E-state index < -0.39 is 0 Å². The van der Waals surface area contributed by atoms with E-state index in [-0.39, 0.29) is 5.92 Å². The topological polar surface area (TPSA) is 32.6 Å². The molecule has 0 spiro atoms. The van der Waals surface area contributed by atoms with Gasteiger partial charge in [-0.2, -0.15) is 5.82 Å². The molecule has 0 fully saturated rings. The van der Waals surface area contributed by atoms with Gasteiger partial charge in [0.15, 0.2) is 7.85 Å². The standard InChI is InChI=1S/C6H8BNO/c1-6(2-4-7)3-5-8-9/h5-6,9H,3H2,1H3. The Kier molecular flexibility index (Phi) is 4.71. The zero-order valence-electron chi connectivity index (χ0n) is 5.33. The zero-order chi connectivity index (χ0) is 7.11. The van der Waals surface area contributed by atoms with Crippen molar-refractivity contribution in [3.05, 3.63) is 0 Å². The molecular formula is C6H8BNO. The van der Waals surface area contributed by atoms with Crippen molar-refractivity contribution in [2.24, 2.45) is 11.1 Å². The van der Waals surface area contributed by atoms with Crippen molar-refractivity contribution in [3.8, 4) is 11.7 Å². The van der Waals surface area contributed by atoms with Gasteiger partial charge in [0.25, 0.3) is 0 Å². The molecule has 0 heterocycles. The molecule has 0 rings (SSSR count). The summed E-state index contributed by atoms with van der Waals surface area (Å²) in [5.41, 5.74) is 0. The first-order valence-electron chi connectivity index (χ1n) is 2.68. The molecule has 1 unspecified atom stereocenters. The quantitative estimate of drug-likeness (QED) is 0.187. The SMILES string of the molecule is [B]C#CC(C)CC=NO. The van der Waals surface area contributed by atoms with Gasteiger partial charge in [-0.3, -0.25) is 0 Å². The van der Waals surface area contributed by atoms with Gasteiger partial charge in [0.2, 0.25) is 0 Å². The average molecular weight is 121 g/mol. The molecule has 0 bridgehead atoms. The van der Waals surface area contributed by atoms with E-state index >= 15 is 0 Å². The molecule has 0 aliphatic heterocycles. The smallest absolute Gasteiger partial charge is 0.187 e. The van der Waals surface area contributed by atoms with Crippen LogP contribution in [0.25, 0.3) is 0 Å². The maximum Gasteiger partial charge on any atom is 0.187 e. The second-order valence-corrected chi connectivity index (χ2v) is 1.72. The van der Waals surface area contributed by atoms with E-state index in [0.717, 1.165) is 0 Å². The summed E-state index contributed by atoms with van der Waals surface area (Å²) in [4.78, 5) is 0. The van der Waals surface area contributed by atoms with Gasteiger partial charge in [-0.1, -0.05) is 6.92 Å². The van der Waals surface area contributed by atoms with E-state index in [0.29, 0.717) is 6.42 Å². The molecule has 3 heteroatoms. The highest BCUT2D eigenvalue weighted by Crippen LogP contribution is 1.94. The molecule has 1 atom stereocenters. The molecule has 0 aromatic rings. The van der Waals surface area contributed by atoms with Crippen LogP contribution in [-0.2, 0) is 0 Å². The predicted molar refractivity (Wildman–Crippen MR) is 37.6 cm³/mol. The summed E-state index contributed by atoms with van der Waals surface area (Å²) >= 11 is 0. The van der Waals surface area contributed by atoms with E-state index in [2.05, 4.69) is 16.9 Å². The molecule has 0 aromatic heterocycles. The zero-order valence-corrected chi connectivity index (χ0v) is 5.33. The van der Waals surface area contributed by atoms with Gasteiger partial charge in [0.1, 0.15) is 0 Å². The van der Waals surface area contributed by atoms with E-state index in [1.54, 1.807) is 0 Å². The summed E-state index contributed by atoms with van der Waals surface area (Å²) < 4.78 is 0. The first-order valence-corrected chi connectivity index (χ1v) is 2.68. The highest BCUT2D eigenvalue weighted by atomic mass is 16.4. The van der Waals surface area contributed by atoms with Crippen molar-refractivity contribution in [1.82, 2.24) is 0 Å². The second kappa shape index (κ2) is 5.24. The van der Waals surface area contributed by atoms with Gasteiger partial charge in [-0.05, 0) is 6.42 Å². The fraction of sp³-hybridized carbons (Fsp3) is 0.500. The molecule has 0 saturated heterocycles. The summed E-state index contributed by atoms with van der Waals surface area (Å²) in [6, 6.07) is 0. The lowest BCUT2D eigenvalue weighted by atomic mass is 10.1. The number of rotatable bonds is 2. The third-order valence-electron chi connectivity index (χ3n) is 0.870. The van der Waals surface area contributed by atoms with Crippen LogP contribution in [0.5, 0.6) is 0 Å². The monoisotopic (exact) mass is 121 g/mol. The van der Waals surface area contributed by atoms with Crippen molar-refractivity contribution >= 4 is 14.1 Å². The summed E-state index contributed by atoms with van der Waals surface area (Å²) in [6.07, 6.45) is 2.04. The van der Waals surface area contributed by atoms with Crippen molar-refractivity contribution < 1.29 is 5.21 Å². The van der Waals surface area contributed by atoms with Crippen molar-refractivity contribution in [2.45, 2.75) is 13.3 Å². The predicted octanol–water partition coefficient (Wildman–Crippen LogP) is 0.602. The molecule has 1 N–H and O–H groups in total. The average Bonchev–Trinajstić information content (AvgIpc) is 1.85. The fourth-order valence-corrected chi connectivity index (χ4v) is 0.406. The molecule has 46 valence electrons. The Morgan fingerprint density at radius 2 is 2.56 bits per heavy atom. The first kappa shape index (κ1) is 8.09. The van der Waals surface area contributed by atoms with E-state index in [1.165, 1.54) is 6.21 Å². The molecular weight excluding hydrogens is 113 g/mol. The largest absolute Gasteiger partial charge is 0.411 e. The van der Waals surface area contributed by atoms with Crippen molar-refractivity contribution in [1.29, 1.82) is 0 Å². The van der Waals surface area contributed by atoms with E-state index in [9.17, 15) is 0 Å². The van der Waals surface area contributed by atoms with E-state index in [1.807, 2.05) is 6.92 Å². The van der Waals surface area contributed by atoms with Gasteiger partial charge >= 0.3 is 0 Å². The van der Waals surface area contributed by atoms with Gasteiger partial charge in [0, 0.05) is 12.1 Å². The fourth-order valence-electron chi connectivity index (χ4n) is 0.406. The second-order valence-electron chi connectivity index (χ2n) is 1.72. The lowest BCUT2D eigenvalue weighted by Gasteiger charge is -1.93. The van der Waals surface area contributed by atoms with Crippen LogP contribution >= 0.6 is 0 Å². The molecule has 0 aliphatic rings. The summed E-state index contributed by atoms with van der Waals surface area (Å²) in [6.45, 7) is 1.90. The molecule has 0 amide bonds. The normalized spacial score (nSPS) is 12.6. The van der Waals surface area contributed by atoms with Crippen LogP contribution in [-0.4, -0.2) is 19.3 Å². The number of nitrogens with zero attached hydrogens (tertiary/aromatic N) is 1. The Labute approximate surface area is 56.4 Å². The Morgan fingerprint density at radius 1 is 1.89 bits per heavy atom. The van der Waals surface area contributed by atoms with Gasteiger partial charge in [0.05, 0.1) is 0 Å². The molecule has 9 heavy (non-hydrogen) atoms. The number of oxime groups is 1. The lowest BCUT2D eigenvalue weighted by Crippen LogP contribution is -1.90. The molecule has 2 nitrogen and oxygen atoms in total. The Morgan fingerprint density at radius 3 is 3.00 bits per heavy atom. The molecule has 0 aromatic carbocycles. The van der Waals surface area contributed by atoms with Crippen molar-refractivity contribution in [3.63, 3.8) is 0 Å².